The summed E-state index contributed by atoms with van der Waals surface area (Å²) in [7, 11) is 0. The predicted molar refractivity (Wildman–Crippen MR) is 38.1 cm³/mol. The molecule has 1 aromatic rings. The first kappa shape index (κ1) is 7.13. The molecule has 0 aliphatic carbocycles. The molecule has 1 rings (SSSR count). The highest BCUT2D eigenvalue weighted by atomic mass is 35.5. The molecule has 0 saturated heterocycles. The Morgan fingerprint density at radius 1 is 1.33 bits per heavy atom. The van der Waals surface area contributed by atoms with Gasteiger partial charge in [0.2, 0.25) is 0 Å². The summed E-state index contributed by atoms with van der Waals surface area (Å²) in [5.74, 6) is 0. The van der Waals surface area contributed by atoms with E-state index in [2.05, 4.69) is 11.1 Å². The standard InChI is InChI=1S/C5HCl3N/c6-3-1-4(7)5(8)9-2-3/h2H. The van der Waals surface area contributed by atoms with Crippen molar-refractivity contribution < 1.29 is 0 Å². The monoisotopic (exact) mass is 180 g/mol. The van der Waals surface area contributed by atoms with Gasteiger partial charge in [-0.15, -0.1) is 0 Å². The van der Waals surface area contributed by atoms with Gasteiger partial charge >= 0.3 is 0 Å². The van der Waals surface area contributed by atoms with E-state index in [0.29, 0.717) is 5.02 Å². The average Bonchev–Trinajstić information content (AvgIpc) is 1.80. The van der Waals surface area contributed by atoms with Crippen molar-refractivity contribution in [3.05, 3.63) is 27.5 Å². The van der Waals surface area contributed by atoms with E-state index in [4.69, 9.17) is 34.8 Å². The summed E-state index contributed by atoms with van der Waals surface area (Å²) in [6.07, 6.45) is 1.38. The Labute approximate surface area is 67.6 Å². The number of pyridine rings is 1. The first-order chi connectivity index (χ1) is 4.20. The molecule has 0 unspecified atom stereocenters. The summed E-state index contributed by atoms with van der Waals surface area (Å²) < 4.78 is 0. The number of halogens is 3. The smallest absolute Gasteiger partial charge is 0.148 e. The molecule has 0 bridgehead atoms. The zero-order valence-corrected chi connectivity index (χ0v) is 6.43. The van der Waals surface area contributed by atoms with Crippen LogP contribution in [0.4, 0.5) is 0 Å². The van der Waals surface area contributed by atoms with E-state index in [0.717, 1.165) is 0 Å². The third kappa shape index (κ3) is 1.71. The van der Waals surface area contributed by atoms with Crippen LogP contribution in [0.3, 0.4) is 0 Å². The number of hydrogen-bond donors (Lipinski definition) is 0. The molecule has 0 aliphatic heterocycles. The van der Waals surface area contributed by atoms with E-state index in [1.54, 1.807) is 0 Å². The predicted octanol–water partition coefficient (Wildman–Crippen LogP) is 2.84. The molecule has 1 radical (unpaired) electrons. The molecule has 9 heavy (non-hydrogen) atoms. The van der Waals surface area contributed by atoms with Crippen molar-refractivity contribution in [1.29, 1.82) is 0 Å². The minimum Gasteiger partial charge on any atom is -0.241 e. The average molecular weight is 181 g/mol. The summed E-state index contributed by atoms with van der Waals surface area (Å²) in [6, 6.07) is 2.57. The zero-order chi connectivity index (χ0) is 6.85. The minimum atomic E-state index is 0.223. The molecule has 0 amide bonds. The molecular formula is C5HCl3N. The van der Waals surface area contributed by atoms with Gasteiger partial charge in [0.15, 0.2) is 0 Å². The molecular weight excluding hydrogens is 180 g/mol. The second kappa shape index (κ2) is 2.74. The highest BCUT2D eigenvalue weighted by Gasteiger charge is 1.97. The molecule has 1 heterocycles. The summed E-state index contributed by atoms with van der Waals surface area (Å²) in [6.45, 7) is 0. The van der Waals surface area contributed by atoms with Gasteiger partial charge in [-0.2, -0.15) is 0 Å². The van der Waals surface area contributed by atoms with Crippen LogP contribution < -0.4 is 0 Å². The van der Waals surface area contributed by atoms with Crippen LogP contribution in [0.2, 0.25) is 15.2 Å². The number of aromatic nitrogens is 1. The Morgan fingerprint density at radius 2 is 2.00 bits per heavy atom. The van der Waals surface area contributed by atoms with Crippen LogP contribution in [-0.2, 0) is 0 Å². The Bertz CT molecular complexity index is 223. The van der Waals surface area contributed by atoms with Crippen molar-refractivity contribution in [2.45, 2.75) is 0 Å². The van der Waals surface area contributed by atoms with Gasteiger partial charge < -0.3 is 0 Å². The van der Waals surface area contributed by atoms with E-state index in [1.807, 2.05) is 0 Å². The summed E-state index contributed by atoms with van der Waals surface area (Å²) in [4.78, 5) is 3.65. The van der Waals surface area contributed by atoms with Crippen molar-refractivity contribution in [1.82, 2.24) is 4.98 Å². The van der Waals surface area contributed by atoms with Gasteiger partial charge in [0.25, 0.3) is 0 Å². The van der Waals surface area contributed by atoms with Crippen molar-refractivity contribution in [2.24, 2.45) is 0 Å². The lowest BCUT2D eigenvalue weighted by atomic mass is 10.5. The van der Waals surface area contributed by atoms with Crippen LogP contribution in [0.1, 0.15) is 0 Å². The van der Waals surface area contributed by atoms with Gasteiger partial charge in [0, 0.05) is 12.3 Å². The highest BCUT2D eigenvalue weighted by molar-refractivity contribution is 6.42. The molecule has 4 heteroatoms. The molecule has 0 atom stereocenters. The molecule has 47 valence electrons. The van der Waals surface area contributed by atoms with Crippen molar-refractivity contribution >= 4 is 34.8 Å². The Hall–Kier alpha value is 0.0200. The molecule has 1 nitrogen and oxygen atoms in total. The maximum atomic E-state index is 5.48. The van der Waals surface area contributed by atoms with Crippen LogP contribution in [0, 0.1) is 6.07 Å². The Morgan fingerprint density at radius 3 is 2.44 bits per heavy atom. The highest BCUT2D eigenvalue weighted by Crippen LogP contribution is 2.20. The summed E-state index contributed by atoms with van der Waals surface area (Å²) in [5, 5.41) is 0.842. The van der Waals surface area contributed by atoms with Crippen molar-refractivity contribution in [2.75, 3.05) is 0 Å². The second-order valence-electron chi connectivity index (χ2n) is 1.34. The first-order valence-electron chi connectivity index (χ1n) is 2.09. The van der Waals surface area contributed by atoms with Crippen molar-refractivity contribution in [3.63, 3.8) is 0 Å². The third-order valence-corrected chi connectivity index (χ3v) is 1.55. The third-order valence-electron chi connectivity index (χ3n) is 0.702. The van der Waals surface area contributed by atoms with Gasteiger partial charge in [-0.05, 0) is 0 Å². The van der Waals surface area contributed by atoms with Gasteiger partial charge in [-0.25, -0.2) is 4.98 Å². The number of rotatable bonds is 0. The van der Waals surface area contributed by atoms with Crippen LogP contribution in [0.15, 0.2) is 6.20 Å². The fourth-order valence-corrected chi connectivity index (χ4v) is 0.797. The van der Waals surface area contributed by atoms with Gasteiger partial charge in [-0.3, -0.25) is 0 Å². The molecule has 0 N–H and O–H groups in total. The van der Waals surface area contributed by atoms with Gasteiger partial charge in [0.05, 0.1) is 10.0 Å². The second-order valence-corrected chi connectivity index (χ2v) is 2.48. The minimum absolute atomic E-state index is 0.223. The van der Waals surface area contributed by atoms with E-state index in [1.165, 1.54) is 6.20 Å². The summed E-state index contributed by atoms with van der Waals surface area (Å²) in [5.41, 5.74) is 0. The van der Waals surface area contributed by atoms with E-state index >= 15 is 0 Å². The Balaban J connectivity index is 3.17. The van der Waals surface area contributed by atoms with Crippen LogP contribution >= 0.6 is 34.8 Å². The molecule has 0 saturated carbocycles. The number of nitrogens with zero attached hydrogens (tertiary/aromatic N) is 1. The van der Waals surface area contributed by atoms with E-state index in [9.17, 15) is 0 Å². The Kier molecular flexibility index (Phi) is 2.17. The zero-order valence-electron chi connectivity index (χ0n) is 4.16. The van der Waals surface area contributed by atoms with Crippen LogP contribution in [0.25, 0.3) is 0 Å². The molecule has 1 aromatic heterocycles. The van der Waals surface area contributed by atoms with E-state index < -0.39 is 0 Å². The maximum absolute atomic E-state index is 5.48. The lowest BCUT2D eigenvalue weighted by molar-refractivity contribution is 1.33. The van der Waals surface area contributed by atoms with Crippen LogP contribution in [0.5, 0.6) is 0 Å². The van der Waals surface area contributed by atoms with Gasteiger partial charge in [-0.1, -0.05) is 34.8 Å². The molecule has 0 aromatic carbocycles. The fraction of sp³-hybridized carbons (Fsp3) is 0. The van der Waals surface area contributed by atoms with E-state index in [-0.39, 0.29) is 10.2 Å². The largest absolute Gasteiger partial charge is 0.241 e. The normalized spacial score (nSPS) is 9.67. The lowest BCUT2D eigenvalue weighted by Crippen LogP contribution is -1.74. The number of hydrogen-bond acceptors (Lipinski definition) is 1. The SMILES string of the molecule is Clc1[c]c(Cl)c(Cl)nc1. The van der Waals surface area contributed by atoms with Crippen molar-refractivity contribution in [3.8, 4) is 0 Å². The van der Waals surface area contributed by atoms with Crippen LogP contribution in [-0.4, -0.2) is 4.98 Å². The quantitative estimate of drug-likeness (QED) is 0.561. The lowest BCUT2D eigenvalue weighted by Gasteiger charge is -1.90. The summed E-state index contributed by atoms with van der Waals surface area (Å²) >= 11 is 16.4. The first-order valence-corrected chi connectivity index (χ1v) is 3.22. The molecule has 0 fully saturated rings. The fourth-order valence-electron chi connectivity index (χ4n) is 0.359. The topological polar surface area (TPSA) is 12.9 Å². The molecule has 0 aliphatic rings. The maximum Gasteiger partial charge on any atom is 0.148 e. The van der Waals surface area contributed by atoms with Gasteiger partial charge in [0.1, 0.15) is 5.15 Å². The molecule has 0 spiro atoms.